The summed E-state index contributed by atoms with van der Waals surface area (Å²) in [7, 11) is 0. The Balaban J connectivity index is 2.09. The summed E-state index contributed by atoms with van der Waals surface area (Å²) in [6, 6.07) is 4.22. The van der Waals surface area contributed by atoms with E-state index in [1.54, 1.807) is 0 Å². The molecule has 0 bridgehead atoms. The van der Waals surface area contributed by atoms with Gasteiger partial charge in [0.25, 0.3) is 0 Å². The first-order valence-corrected chi connectivity index (χ1v) is 5.81. The molecule has 1 fully saturated rings. The topological polar surface area (TPSA) is 38.7 Å². The van der Waals surface area contributed by atoms with E-state index in [0.717, 1.165) is 36.4 Å². The van der Waals surface area contributed by atoms with Gasteiger partial charge in [-0.05, 0) is 25.8 Å². The van der Waals surface area contributed by atoms with Crippen molar-refractivity contribution in [3.05, 3.63) is 41.5 Å². The van der Waals surface area contributed by atoms with E-state index in [4.69, 9.17) is 0 Å². The third-order valence-corrected chi connectivity index (χ3v) is 2.89. The van der Waals surface area contributed by atoms with Crippen LogP contribution < -0.4 is 0 Å². The Bertz CT molecular complexity index is 589. The van der Waals surface area contributed by atoms with Gasteiger partial charge in [0.05, 0.1) is 0 Å². The largest absolute Gasteiger partial charge is 0.233 e. The second-order valence-electron chi connectivity index (χ2n) is 4.53. The maximum Gasteiger partial charge on any atom is 0.216 e. The summed E-state index contributed by atoms with van der Waals surface area (Å²) in [6.45, 7) is 1.85. The molecule has 3 nitrogen and oxygen atoms in total. The van der Waals surface area contributed by atoms with Gasteiger partial charge in [-0.25, -0.2) is 9.97 Å². The molecule has 2 aromatic rings. The maximum absolute atomic E-state index is 13.1. The Morgan fingerprint density at radius 2 is 1.67 bits per heavy atom. The monoisotopic (exact) mass is 247 g/mol. The first-order valence-electron chi connectivity index (χ1n) is 5.81. The highest BCUT2D eigenvalue weighted by molar-refractivity contribution is 5.54. The van der Waals surface area contributed by atoms with Gasteiger partial charge >= 0.3 is 0 Å². The van der Waals surface area contributed by atoms with E-state index in [0.29, 0.717) is 17.3 Å². The summed E-state index contributed by atoms with van der Waals surface area (Å²) in [5.41, 5.74) is 2.08. The van der Waals surface area contributed by atoms with Gasteiger partial charge in [-0.2, -0.15) is 13.8 Å². The molecule has 0 aliphatic heterocycles. The Morgan fingerprint density at radius 1 is 1.00 bits per heavy atom. The minimum Gasteiger partial charge on any atom is -0.233 e. The molecule has 2 aromatic heterocycles. The highest BCUT2D eigenvalue weighted by atomic mass is 19.1. The van der Waals surface area contributed by atoms with E-state index >= 15 is 0 Å². The summed E-state index contributed by atoms with van der Waals surface area (Å²) in [4.78, 5) is 11.7. The van der Waals surface area contributed by atoms with Crippen LogP contribution in [0.1, 0.15) is 30.1 Å². The predicted octanol–water partition coefficient (Wildman–Crippen LogP) is 3.00. The highest BCUT2D eigenvalue weighted by Crippen LogP contribution is 2.39. The Morgan fingerprint density at radius 3 is 2.28 bits per heavy atom. The molecule has 0 aromatic carbocycles. The fourth-order valence-electron chi connectivity index (χ4n) is 1.90. The molecular formula is C13H11F2N3. The van der Waals surface area contributed by atoms with Crippen LogP contribution in [0.4, 0.5) is 8.78 Å². The van der Waals surface area contributed by atoms with Crippen molar-refractivity contribution in [2.75, 3.05) is 0 Å². The molecule has 92 valence electrons. The minimum atomic E-state index is -0.858. The smallest absolute Gasteiger partial charge is 0.216 e. The van der Waals surface area contributed by atoms with Gasteiger partial charge < -0.3 is 0 Å². The van der Waals surface area contributed by atoms with Crippen molar-refractivity contribution in [3.8, 4) is 11.4 Å². The molecule has 1 saturated carbocycles. The van der Waals surface area contributed by atoms with Gasteiger partial charge in [0.2, 0.25) is 11.9 Å². The zero-order valence-corrected chi connectivity index (χ0v) is 9.82. The predicted molar refractivity (Wildman–Crippen MR) is 61.9 cm³/mol. The first kappa shape index (κ1) is 11.2. The van der Waals surface area contributed by atoms with Crippen LogP contribution >= 0.6 is 0 Å². The number of rotatable bonds is 2. The number of aromatic nitrogens is 3. The van der Waals surface area contributed by atoms with Crippen LogP contribution in [0.5, 0.6) is 0 Å². The van der Waals surface area contributed by atoms with E-state index in [-0.39, 0.29) is 0 Å². The van der Waals surface area contributed by atoms with Crippen molar-refractivity contribution >= 4 is 0 Å². The molecule has 3 rings (SSSR count). The molecule has 1 aliphatic carbocycles. The van der Waals surface area contributed by atoms with Crippen LogP contribution in [0.15, 0.2) is 18.2 Å². The molecule has 0 N–H and O–H groups in total. The number of halogens is 2. The van der Waals surface area contributed by atoms with Gasteiger partial charge in [0.1, 0.15) is 0 Å². The van der Waals surface area contributed by atoms with Gasteiger partial charge in [-0.3, -0.25) is 0 Å². The molecule has 0 spiro atoms. The van der Waals surface area contributed by atoms with Crippen molar-refractivity contribution < 1.29 is 8.78 Å². The van der Waals surface area contributed by atoms with E-state index in [2.05, 4.69) is 15.0 Å². The van der Waals surface area contributed by atoms with Gasteiger partial charge in [-0.1, -0.05) is 0 Å². The van der Waals surface area contributed by atoms with Crippen LogP contribution in [0.3, 0.4) is 0 Å². The number of hydrogen-bond acceptors (Lipinski definition) is 3. The average Bonchev–Trinajstić information content (AvgIpc) is 3.10. The molecule has 0 unspecified atom stereocenters. The van der Waals surface area contributed by atoms with Crippen LogP contribution in [0, 0.1) is 18.8 Å². The van der Waals surface area contributed by atoms with E-state index in [1.165, 1.54) is 0 Å². The van der Waals surface area contributed by atoms with Gasteiger partial charge in [-0.15, -0.1) is 0 Å². The molecule has 0 radical (unpaired) electrons. The Labute approximate surface area is 103 Å². The lowest BCUT2D eigenvalue weighted by molar-refractivity contribution is 0.513. The molecule has 0 amide bonds. The average molecular weight is 247 g/mol. The zero-order valence-electron chi connectivity index (χ0n) is 9.82. The molecule has 0 atom stereocenters. The number of pyridine rings is 1. The van der Waals surface area contributed by atoms with E-state index in [1.807, 2.05) is 13.0 Å². The number of hydrogen-bond donors (Lipinski definition) is 0. The summed E-state index contributed by atoms with van der Waals surface area (Å²) in [5, 5.41) is 0. The van der Waals surface area contributed by atoms with Gasteiger partial charge in [0.15, 0.2) is 5.82 Å². The van der Waals surface area contributed by atoms with Crippen molar-refractivity contribution in [2.45, 2.75) is 25.7 Å². The van der Waals surface area contributed by atoms with Crippen LogP contribution in [0.2, 0.25) is 0 Å². The first-order chi connectivity index (χ1) is 8.61. The summed E-state index contributed by atoms with van der Waals surface area (Å²) in [5.74, 6) is -0.884. The Hall–Kier alpha value is -1.91. The third kappa shape index (κ3) is 2.20. The fraction of sp³-hybridized carbons (Fsp3) is 0.308. The molecule has 2 heterocycles. The second-order valence-corrected chi connectivity index (χ2v) is 4.53. The highest BCUT2D eigenvalue weighted by Gasteiger charge is 2.26. The summed E-state index contributed by atoms with van der Waals surface area (Å²) < 4.78 is 26.2. The maximum atomic E-state index is 13.1. The van der Waals surface area contributed by atoms with Crippen LogP contribution in [-0.2, 0) is 0 Å². The van der Waals surface area contributed by atoms with E-state index in [9.17, 15) is 8.78 Å². The standard InChI is InChI=1S/C13H11F2N3/c1-7-4-10(8-2-3-8)17-13(16-7)9-5-11(14)18-12(15)6-9/h4-6,8H,2-3H2,1H3. The van der Waals surface area contributed by atoms with E-state index < -0.39 is 11.9 Å². The lowest BCUT2D eigenvalue weighted by atomic mass is 10.2. The molecule has 5 heteroatoms. The number of aryl methyl sites for hydroxylation is 1. The minimum absolute atomic E-state index is 0.325. The van der Waals surface area contributed by atoms with Crippen molar-refractivity contribution in [1.29, 1.82) is 0 Å². The van der Waals surface area contributed by atoms with Crippen LogP contribution in [0.25, 0.3) is 11.4 Å². The normalized spacial score (nSPS) is 14.8. The Kier molecular flexibility index (Phi) is 2.54. The SMILES string of the molecule is Cc1cc(C2CC2)nc(-c2cc(F)nc(F)c2)n1. The molecule has 18 heavy (non-hydrogen) atoms. The lowest BCUT2D eigenvalue weighted by Gasteiger charge is -2.05. The zero-order chi connectivity index (χ0) is 12.7. The van der Waals surface area contributed by atoms with Crippen molar-refractivity contribution in [3.63, 3.8) is 0 Å². The lowest BCUT2D eigenvalue weighted by Crippen LogP contribution is -1.99. The van der Waals surface area contributed by atoms with Gasteiger partial charge in [0, 0.05) is 35.0 Å². The van der Waals surface area contributed by atoms with Crippen LogP contribution in [-0.4, -0.2) is 15.0 Å². The molecular weight excluding hydrogens is 236 g/mol. The number of nitrogens with zero attached hydrogens (tertiary/aromatic N) is 3. The quantitative estimate of drug-likeness (QED) is 0.766. The molecule has 1 aliphatic rings. The second kappa shape index (κ2) is 4.08. The fourth-order valence-corrected chi connectivity index (χ4v) is 1.90. The summed E-state index contributed by atoms with van der Waals surface area (Å²) in [6.07, 6.45) is 2.24. The summed E-state index contributed by atoms with van der Waals surface area (Å²) >= 11 is 0. The van der Waals surface area contributed by atoms with Crippen molar-refractivity contribution in [1.82, 2.24) is 15.0 Å². The van der Waals surface area contributed by atoms with Crippen molar-refractivity contribution in [2.24, 2.45) is 0 Å². The third-order valence-electron chi connectivity index (χ3n) is 2.89. The molecule has 0 saturated heterocycles.